The number of fused-ring (bicyclic) bond motifs is 1. The molecule has 9 nitrogen and oxygen atoms in total. The molecule has 4 aromatic rings. The number of amides is 4. The zero-order valence-electron chi connectivity index (χ0n) is 22.1. The van der Waals surface area contributed by atoms with E-state index in [1.54, 1.807) is 48.5 Å². The second-order valence-corrected chi connectivity index (χ2v) is 9.44. The number of hydrogen-bond donors (Lipinski definition) is 2. The number of carbonyl (C=O) groups excluding carboxylic acids is 6. The first-order valence-corrected chi connectivity index (χ1v) is 12.6. The summed E-state index contributed by atoms with van der Waals surface area (Å²) in [4.78, 5) is 76.1. The molecule has 4 amide bonds. The molecule has 9 heteroatoms. The van der Waals surface area contributed by atoms with Gasteiger partial charge in [-0.1, -0.05) is 24.3 Å². The second-order valence-electron chi connectivity index (χ2n) is 9.44. The molecule has 41 heavy (non-hydrogen) atoms. The van der Waals surface area contributed by atoms with E-state index >= 15 is 0 Å². The summed E-state index contributed by atoms with van der Waals surface area (Å²) >= 11 is 0. The molecule has 0 saturated heterocycles. The Bertz CT molecular complexity index is 1770. The van der Waals surface area contributed by atoms with Gasteiger partial charge < -0.3 is 10.6 Å². The molecule has 0 aliphatic carbocycles. The van der Waals surface area contributed by atoms with Gasteiger partial charge in [0, 0.05) is 33.6 Å². The molecule has 4 aromatic carbocycles. The predicted molar refractivity (Wildman–Crippen MR) is 153 cm³/mol. The van der Waals surface area contributed by atoms with E-state index in [4.69, 9.17) is 0 Å². The minimum absolute atomic E-state index is 0.0762. The summed E-state index contributed by atoms with van der Waals surface area (Å²) in [5.41, 5.74) is 2.72. The lowest BCUT2D eigenvalue weighted by Crippen LogP contribution is -2.29. The van der Waals surface area contributed by atoms with E-state index in [-0.39, 0.29) is 39.5 Å². The van der Waals surface area contributed by atoms with Crippen molar-refractivity contribution in [3.05, 3.63) is 124 Å². The normalized spacial score (nSPS) is 12.1. The van der Waals surface area contributed by atoms with Gasteiger partial charge in [-0.15, -0.1) is 0 Å². The van der Waals surface area contributed by atoms with Crippen LogP contribution in [0.1, 0.15) is 76.0 Å². The number of ketones is 2. The summed E-state index contributed by atoms with van der Waals surface area (Å²) in [7, 11) is 0. The first-order valence-electron chi connectivity index (χ1n) is 12.6. The number of hydrogen-bond acceptors (Lipinski definition) is 6. The van der Waals surface area contributed by atoms with Crippen LogP contribution >= 0.6 is 0 Å². The van der Waals surface area contributed by atoms with Gasteiger partial charge in [0.15, 0.2) is 11.6 Å². The third-order valence-corrected chi connectivity index (χ3v) is 6.59. The molecule has 2 N–H and O–H groups in total. The number of imide groups is 1. The molecular formula is C32H23N3O6. The minimum Gasteiger partial charge on any atom is -0.322 e. The van der Waals surface area contributed by atoms with Crippen LogP contribution in [0.2, 0.25) is 0 Å². The van der Waals surface area contributed by atoms with Crippen LogP contribution in [0.3, 0.4) is 0 Å². The van der Waals surface area contributed by atoms with Gasteiger partial charge in [-0.25, -0.2) is 4.90 Å². The largest absolute Gasteiger partial charge is 0.322 e. The maximum Gasteiger partial charge on any atom is 0.266 e. The molecule has 0 fully saturated rings. The Labute approximate surface area is 234 Å². The van der Waals surface area contributed by atoms with Crippen LogP contribution in [0.4, 0.5) is 17.1 Å². The maximum absolute atomic E-state index is 13.2. The van der Waals surface area contributed by atoms with E-state index in [2.05, 4.69) is 10.6 Å². The van der Waals surface area contributed by atoms with Gasteiger partial charge in [-0.05, 0) is 80.6 Å². The monoisotopic (exact) mass is 545 g/mol. The molecule has 0 saturated carbocycles. The Balaban J connectivity index is 1.31. The van der Waals surface area contributed by atoms with E-state index in [1.807, 2.05) is 0 Å². The Hall–Kier alpha value is -5.70. The zero-order valence-corrected chi connectivity index (χ0v) is 22.1. The van der Waals surface area contributed by atoms with Gasteiger partial charge in [0.2, 0.25) is 0 Å². The Morgan fingerprint density at radius 3 is 1.56 bits per heavy atom. The van der Waals surface area contributed by atoms with Gasteiger partial charge in [0.05, 0.1) is 16.8 Å². The van der Waals surface area contributed by atoms with Crippen LogP contribution in [-0.4, -0.2) is 35.2 Å². The molecular weight excluding hydrogens is 522 g/mol. The average Bonchev–Trinajstić information content (AvgIpc) is 3.22. The molecule has 1 aliphatic heterocycles. The molecule has 0 spiro atoms. The molecule has 202 valence electrons. The summed E-state index contributed by atoms with van der Waals surface area (Å²) in [5, 5.41) is 5.42. The zero-order chi connectivity index (χ0) is 29.3. The van der Waals surface area contributed by atoms with Crippen LogP contribution < -0.4 is 15.5 Å². The van der Waals surface area contributed by atoms with Crippen molar-refractivity contribution in [2.45, 2.75) is 13.8 Å². The van der Waals surface area contributed by atoms with Gasteiger partial charge >= 0.3 is 0 Å². The lowest BCUT2D eigenvalue weighted by molar-refractivity contribution is 0.0922. The van der Waals surface area contributed by atoms with Crippen molar-refractivity contribution in [1.29, 1.82) is 0 Å². The molecule has 5 rings (SSSR count). The number of benzene rings is 4. The summed E-state index contributed by atoms with van der Waals surface area (Å²) < 4.78 is 0. The smallest absolute Gasteiger partial charge is 0.266 e. The molecule has 0 atom stereocenters. The lowest BCUT2D eigenvalue weighted by Gasteiger charge is -2.14. The quantitative estimate of drug-likeness (QED) is 0.236. The molecule has 0 bridgehead atoms. The summed E-state index contributed by atoms with van der Waals surface area (Å²) in [6, 6.07) is 23.2. The van der Waals surface area contributed by atoms with Crippen LogP contribution in [0, 0.1) is 0 Å². The highest BCUT2D eigenvalue weighted by atomic mass is 16.2. The highest BCUT2D eigenvalue weighted by Gasteiger charge is 2.37. The summed E-state index contributed by atoms with van der Waals surface area (Å²) in [6.07, 6.45) is 0. The van der Waals surface area contributed by atoms with Crippen molar-refractivity contribution < 1.29 is 28.8 Å². The molecule has 1 aliphatic rings. The standard InChI is InChI=1S/C32H23N3O6/c1-18(36)21-5-3-7-24(15-21)33-29(38)20-9-12-26(13-10-20)35-31(40)27-14-11-23(17-28(27)32(35)41)30(39)34-25-8-4-6-22(16-25)19(2)37/h3-17H,1-2H3,(H,33,38)(H,34,39). The van der Waals surface area contributed by atoms with Gasteiger partial charge in [-0.2, -0.15) is 0 Å². The Morgan fingerprint density at radius 2 is 1.02 bits per heavy atom. The van der Waals surface area contributed by atoms with Crippen LogP contribution in [-0.2, 0) is 0 Å². The number of Topliss-reactive ketones (excluding diaryl/α,β-unsaturated/α-hetero) is 2. The average molecular weight is 546 g/mol. The van der Waals surface area contributed by atoms with Crippen molar-refractivity contribution in [3.63, 3.8) is 0 Å². The van der Waals surface area contributed by atoms with Gasteiger partial charge in [0.25, 0.3) is 23.6 Å². The second kappa shape index (κ2) is 10.8. The van der Waals surface area contributed by atoms with Crippen molar-refractivity contribution in [2.24, 2.45) is 0 Å². The van der Waals surface area contributed by atoms with Gasteiger partial charge in [-0.3, -0.25) is 28.8 Å². The third kappa shape index (κ3) is 5.41. The number of nitrogens with one attached hydrogen (secondary N) is 2. The minimum atomic E-state index is -0.600. The fourth-order valence-electron chi connectivity index (χ4n) is 4.42. The number of rotatable bonds is 7. The first kappa shape index (κ1) is 26.9. The van der Waals surface area contributed by atoms with Gasteiger partial charge in [0.1, 0.15) is 0 Å². The highest BCUT2D eigenvalue weighted by Crippen LogP contribution is 2.30. The van der Waals surface area contributed by atoms with E-state index < -0.39 is 23.6 Å². The highest BCUT2D eigenvalue weighted by molar-refractivity contribution is 6.35. The Morgan fingerprint density at radius 1 is 0.537 bits per heavy atom. The van der Waals surface area contributed by atoms with Crippen LogP contribution in [0.25, 0.3) is 0 Å². The number of nitrogens with zero attached hydrogens (tertiary/aromatic N) is 1. The van der Waals surface area contributed by atoms with E-state index in [9.17, 15) is 28.8 Å². The van der Waals surface area contributed by atoms with E-state index in [1.165, 1.54) is 56.3 Å². The molecule has 0 unspecified atom stereocenters. The molecule has 0 aromatic heterocycles. The van der Waals surface area contributed by atoms with Crippen molar-refractivity contribution in [3.8, 4) is 0 Å². The Kier molecular flexibility index (Phi) is 7.09. The molecule has 0 radical (unpaired) electrons. The van der Waals surface area contributed by atoms with Crippen molar-refractivity contribution in [2.75, 3.05) is 15.5 Å². The van der Waals surface area contributed by atoms with E-state index in [0.29, 0.717) is 22.5 Å². The molecule has 1 heterocycles. The predicted octanol–water partition coefficient (Wildman–Crippen LogP) is 5.40. The van der Waals surface area contributed by atoms with Crippen LogP contribution in [0.5, 0.6) is 0 Å². The third-order valence-electron chi connectivity index (χ3n) is 6.59. The maximum atomic E-state index is 13.2. The fraction of sp³-hybridized carbons (Fsp3) is 0.0625. The van der Waals surface area contributed by atoms with E-state index in [0.717, 1.165) is 4.90 Å². The van der Waals surface area contributed by atoms with Crippen molar-refractivity contribution in [1.82, 2.24) is 0 Å². The fourth-order valence-corrected chi connectivity index (χ4v) is 4.42. The number of carbonyl (C=O) groups is 6. The topological polar surface area (TPSA) is 130 Å². The summed E-state index contributed by atoms with van der Waals surface area (Å²) in [5.74, 6) is -2.35. The number of anilines is 3. The first-order chi connectivity index (χ1) is 19.6. The lowest BCUT2D eigenvalue weighted by atomic mass is 10.0. The van der Waals surface area contributed by atoms with Crippen LogP contribution in [0.15, 0.2) is 91.0 Å². The summed E-state index contributed by atoms with van der Waals surface area (Å²) in [6.45, 7) is 2.86. The SMILES string of the molecule is CC(=O)c1cccc(NC(=O)c2ccc(N3C(=O)c4ccc(C(=O)Nc5cccc(C(C)=O)c5)cc4C3=O)cc2)c1. The van der Waals surface area contributed by atoms with Crippen molar-refractivity contribution >= 4 is 52.3 Å².